The summed E-state index contributed by atoms with van der Waals surface area (Å²) in [6.07, 6.45) is -0.904. The highest BCUT2D eigenvalue weighted by Crippen LogP contribution is 2.53. The molecule has 0 saturated heterocycles. The van der Waals surface area contributed by atoms with Crippen LogP contribution in [-0.4, -0.2) is 33.2 Å². The van der Waals surface area contributed by atoms with E-state index in [1.54, 1.807) is 19.1 Å². The molecule has 3 heterocycles. The van der Waals surface area contributed by atoms with Gasteiger partial charge in [-0.05, 0) is 49.8 Å². The zero-order chi connectivity index (χ0) is 31.2. The van der Waals surface area contributed by atoms with Crippen LogP contribution in [-0.2, 0) is 0 Å². The number of halogens is 4. The van der Waals surface area contributed by atoms with Gasteiger partial charge in [0.2, 0.25) is 5.95 Å². The molecule has 1 atom stereocenters. The van der Waals surface area contributed by atoms with E-state index in [4.69, 9.17) is 0 Å². The number of fused-ring (bicyclic) bond motifs is 1. The fourth-order valence-corrected chi connectivity index (χ4v) is 5.02. The van der Waals surface area contributed by atoms with Crippen LogP contribution in [0.2, 0.25) is 0 Å². The van der Waals surface area contributed by atoms with Crippen molar-refractivity contribution in [2.75, 3.05) is 17.2 Å². The Hall–Kier alpha value is -4.62. The van der Waals surface area contributed by atoms with E-state index < -0.39 is 23.7 Å². The number of aromatic nitrogens is 2. The lowest BCUT2D eigenvalue weighted by atomic mass is 9.90. The van der Waals surface area contributed by atoms with Crippen LogP contribution < -0.4 is 21.6 Å². The minimum atomic E-state index is -4.45. The van der Waals surface area contributed by atoms with Crippen molar-refractivity contribution in [3.8, 4) is 12.1 Å². The third kappa shape index (κ3) is 5.60. The summed E-state index contributed by atoms with van der Waals surface area (Å²) in [6.45, 7) is 8.42. The van der Waals surface area contributed by atoms with Gasteiger partial charge in [0.05, 0.1) is 34.1 Å². The van der Waals surface area contributed by atoms with Gasteiger partial charge in [0.25, 0.3) is 0 Å². The topological polar surface area (TPSA) is 125 Å². The minimum absolute atomic E-state index is 0.0563. The lowest BCUT2D eigenvalue weighted by Gasteiger charge is -2.28. The number of aryl methyl sites for hydroxylation is 1. The first-order valence-corrected chi connectivity index (χ1v) is 13.8. The summed E-state index contributed by atoms with van der Waals surface area (Å²) in [7, 11) is 0. The molecule has 0 spiro atoms. The van der Waals surface area contributed by atoms with E-state index in [1.165, 1.54) is 24.5 Å². The molecule has 43 heavy (non-hydrogen) atoms. The van der Waals surface area contributed by atoms with E-state index in [1.807, 2.05) is 0 Å². The Morgan fingerprint density at radius 3 is 2.47 bits per heavy atom. The predicted molar refractivity (Wildman–Crippen MR) is 153 cm³/mol. The molecule has 1 aliphatic heterocycles. The van der Waals surface area contributed by atoms with Crippen molar-refractivity contribution >= 4 is 22.3 Å². The number of hydrogen-bond donors (Lipinski definition) is 4. The van der Waals surface area contributed by atoms with Gasteiger partial charge < -0.3 is 16.1 Å². The maximum absolute atomic E-state index is 14.0. The number of hydrazine groups is 2. The molecule has 3 aromatic rings. The highest BCUT2D eigenvalue weighted by molar-refractivity contribution is 5.99. The molecule has 13 heteroatoms. The number of alkyl halides is 3. The standard InChI is InChI=1S/C30H31F4N9/c1-5-28(3,4)16-38-26-19(13-36)14-37-25-18(12-35)10-20(11-22(25)26)40-27(21-6-7-24(31)39-17(21)2)23-15-43(42-41-23)29(8-9-29)30(32,33)34/h6-7,10-11,14-15,27,40-42H,5,8-9,16H2,1-4H3,(H,37,38)/t27-/m0/s1. The molecule has 2 aromatic heterocycles. The average Bonchev–Trinajstić information content (AvgIpc) is 3.65. The minimum Gasteiger partial charge on any atom is -0.383 e. The first-order chi connectivity index (χ1) is 20.3. The van der Waals surface area contributed by atoms with Gasteiger partial charge >= 0.3 is 6.18 Å². The summed E-state index contributed by atoms with van der Waals surface area (Å²) in [4.78, 5) is 8.30. The van der Waals surface area contributed by atoms with E-state index in [2.05, 4.69) is 64.5 Å². The number of nitrogens with zero attached hydrogens (tertiary/aromatic N) is 5. The van der Waals surface area contributed by atoms with Crippen LogP contribution in [0.5, 0.6) is 0 Å². The molecule has 5 rings (SSSR count). The highest BCUT2D eigenvalue weighted by Gasteiger charge is 2.67. The number of pyridine rings is 2. The Morgan fingerprint density at radius 1 is 1.14 bits per heavy atom. The van der Waals surface area contributed by atoms with E-state index >= 15 is 0 Å². The SMILES string of the molecule is CCC(C)(C)CNc1c(C#N)cnc2c(C#N)cc(N[C@H](C3=CN(C4(C(F)(F)F)CC4)NN3)c3ccc(F)nc3C)cc12. The molecule has 0 bridgehead atoms. The number of nitrogens with one attached hydrogen (secondary N) is 4. The van der Waals surface area contributed by atoms with E-state index in [0.717, 1.165) is 11.4 Å². The number of benzene rings is 1. The van der Waals surface area contributed by atoms with Gasteiger partial charge in [-0.2, -0.15) is 28.1 Å². The third-order valence-corrected chi connectivity index (χ3v) is 8.24. The van der Waals surface area contributed by atoms with Gasteiger partial charge in [-0.1, -0.05) is 26.8 Å². The first-order valence-electron chi connectivity index (χ1n) is 13.8. The van der Waals surface area contributed by atoms with Crippen molar-refractivity contribution in [3.05, 3.63) is 70.7 Å². The second-order valence-corrected chi connectivity index (χ2v) is 11.7. The Balaban J connectivity index is 1.61. The Morgan fingerprint density at radius 2 is 1.86 bits per heavy atom. The molecule has 0 amide bonds. The lowest BCUT2D eigenvalue weighted by Crippen LogP contribution is -2.52. The van der Waals surface area contributed by atoms with E-state index in [9.17, 15) is 28.1 Å². The summed E-state index contributed by atoms with van der Waals surface area (Å²) in [5.41, 5.74) is 6.42. The van der Waals surface area contributed by atoms with Crippen molar-refractivity contribution in [1.29, 1.82) is 10.5 Å². The molecule has 9 nitrogen and oxygen atoms in total. The second-order valence-electron chi connectivity index (χ2n) is 11.7. The number of rotatable bonds is 9. The molecule has 1 saturated carbocycles. The van der Waals surface area contributed by atoms with Gasteiger partial charge in [-0.15, -0.1) is 5.53 Å². The van der Waals surface area contributed by atoms with Crippen LogP contribution in [0.25, 0.3) is 10.9 Å². The van der Waals surface area contributed by atoms with E-state index in [-0.39, 0.29) is 23.8 Å². The zero-order valence-corrected chi connectivity index (χ0v) is 24.1. The molecule has 1 fully saturated rings. The molecule has 2 aliphatic rings. The molecular formula is C30H31F4N9. The lowest BCUT2D eigenvalue weighted by molar-refractivity contribution is -0.195. The van der Waals surface area contributed by atoms with Gasteiger partial charge in [0, 0.05) is 41.3 Å². The van der Waals surface area contributed by atoms with Crippen LogP contribution in [0.15, 0.2) is 42.4 Å². The normalized spacial score (nSPS) is 16.6. The van der Waals surface area contributed by atoms with Gasteiger partial charge in [0.15, 0.2) is 5.54 Å². The van der Waals surface area contributed by atoms with Gasteiger partial charge in [-0.25, -0.2) is 4.98 Å². The van der Waals surface area contributed by atoms with Gasteiger partial charge in [-0.3, -0.25) is 9.99 Å². The van der Waals surface area contributed by atoms with Crippen LogP contribution >= 0.6 is 0 Å². The van der Waals surface area contributed by atoms with Crippen LogP contribution in [0, 0.1) is 40.9 Å². The van der Waals surface area contributed by atoms with Crippen LogP contribution in [0.4, 0.5) is 28.9 Å². The van der Waals surface area contributed by atoms with Crippen molar-refractivity contribution in [1.82, 2.24) is 25.9 Å². The number of anilines is 2. The van der Waals surface area contributed by atoms with Crippen molar-refractivity contribution in [3.63, 3.8) is 0 Å². The third-order valence-electron chi connectivity index (χ3n) is 8.24. The summed E-state index contributed by atoms with van der Waals surface area (Å²) in [6, 6.07) is 9.52. The molecule has 1 aromatic carbocycles. The van der Waals surface area contributed by atoms with Crippen LogP contribution in [0.1, 0.15) is 68.5 Å². The summed E-state index contributed by atoms with van der Waals surface area (Å²) in [5.74, 6) is -0.694. The number of nitriles is 2. The maximum atomic E-state index is 14.0. The van der Waals surface area contributed by atoms with Crippen molar-refractivity contribution in [2.24, 2.45) is 5.41 Å². The molecule has 0 radical (unpaired) electrons. The van der Waals surface area contributed by atoms with Crippen molar-refractivity contribution in [2.45, 2.75) is 64.7 Å². The molecular weight excluding hydrogens is 562 g/mol. The summed E-state index contributed by atoms with van der Waals surface area (Å²) in [5, 5.41) is 28.1. The Labute approximate surface area is 246 Å². The first kappa shape index (κ1) is 29.9. The molecule has 224 valence electrons. The monoisotopic (exact) mass is 593 g/mol. The maximum Gasteiger partial charge on any atom is 0.413 e. The highest BCUT2D eigenvalue weighted by atomic mass is 19.4. The predicted octanol–water partition coefficient (Wildman–Crippen LogP) is 6.08. The molecule has 4 N–H and O–H groups in total. The van der Waals surface area contributed by atoms with Crippen molar-refractivity contribution < 1.29 is 17.6 Å². The number of hydrogen-bond acceptors (Lipinski definition) is 9. The summed E-state index contributed by atoms with van der Waals surface area (Å²) >= 11 is 0. The van der Waals surface area contributed by atoms with E-state index in [0.29, 0.717) is 51.3 Å². The smallest absolute Gasteiger partial charge is 0.383 e. The fourth-order valence-electron chi connectivity index (χ4n) is 5.02. The zero-order valence-electron chi connectivity index (χ0n) is 24.1. The Kier molecular flexibility index (Phi) is 7.57. The quantitative estimate of drug-likeness (QED) is 0.173. The Bertz CT molecular complexity index is 1680. The fraction of sp³-hybridized carbons (Fsp3) is 0.400. The summed E-state index contributed by atoms with van der Waals surface area (Å²) < 4.78 is 55.6. The molecule has 1 aliphatic carbocycles. The molecule has 0 unspecified atom stereocenters. The second kappa shape index (κ2) is 10.9. The average molecular weight is 594 g/mol. The van der Waals surface area contributed by atoms with Gasteiger partial charge in [0.1, 0.15) is 12.1 Å². The van der Waals surface area contributed by atoms with Crippen LogP contribution in [0.3, 0.4) is 0 Å². The largest absolute Gasteiger partial charge is 0.413 e.